The monoisotopic (exact) mass is 258 g/mol. The van der Waals surface area contributed by atoms with Crippen LogP contribution in [0.1, 0.15) is 18.2 Å². The number of nitrogens with two attached hydrogens (primary N) is 1. The Labute approximate surface area is 111 Å². The number of hydrogen-bond donors (Lipinski definition) is 2. The van der Waals surface area contributed by atoms with Crippen molar-refractivity contribution in [3.05, 3.63) is 47.8 Å². The maximum absolute atomic E-state index is 5.54. The van der Waals surface area contributed by atoms with Gasteiger partial charge >= 0.3 is 0 Å². The number of nitrogens with zero attached hydrogens (tertiary/aromatic N) is 2. The summed E-state index contributed by atoms with van der Waals surface area (Å²) >= 11 is 4.89. The van der Waals surface area contributed by atoms with Crippen LogP contribution in [-0.4, -0.2) is 15.0 Å². The van der Waals surface area contributed by atoms with Crippen LogP contribution >= 0.6 is 12.2 Å². The molecule has 2 aromatic rings. The van der Waals surface area contributed by atoms with Crippen LogP contribution in [0.15, 0.2) is 36.5 Å². The van der Waals surface area contributed by atoms with E-state index in [0.717, 1.165) is 12.1 Å². The van der Waals surface area contributed by atoms with E-state index in [1.165, 1.54) is 5.56 Å². The summed E-state index contributed by atoms with van der Waals surface area (Å²) in [6.45, 7) is 2.11. The van der Waals surface area contributed by atoms with Gasteiger partial charge in [0.2, 0.25) is 5.95 Å². The molecule has 1 aromatic carbocycles. The maximum atomic E-state index is 5.54. The molecule has 0 aliphatic carbocycles. The number of rotatable bonds is 4. The van der Waals surface area contributed by atoms with E-state index in [0.29, 0.717) is 11.6 Å². The summed E-state index contributed by atoms with van der Waals surface area (Å²) in [7, 11) is 0. The molecule has 0 aliphatic heterocycles. The molecule has 0 fully saturated rings. The van der Waals surface area contributed by atoms with E-state index >= 15 is 0 Å². The SMILES string of the molecule is CCc1cccc(Nc2nccc(C(N)=S)n2)c1. The topological polar surface area (TPSA) is 63.8 Å². The van der Waals surface area contributed by atoms with E-state index in [9.17, 15) is 0 Å². The van der Waals surface area contributed by atoms with Gasteiger partial charge in [-0.2, -0.15) is 0 Å². The van der Waals surface area contributed by atoms with Gasteiger partial charge in [0.15, 0.2) is 0 Å². The van der Waals surface area contributed by atoms with Crippen molar-refractivity contribution in [3.8, 4) is 0 Å². The number of anilines is 2. The number of nitrogens with one attached hydrogen (secondary N) is 1. The molecule has 0 bridgehead atoms. The summed E-state index contributed by atoms with van der Waals surface area (Å²) in [6, 6.07) is 9.80. The lowest BCUT2D eigenvalue weighted by Gasteiger charge is -2.07. The molecule has 0 unspecified atom stereocenters. The highest BCUT2D eigenvalue weighted by molar-refractivity contribution is 7.80. The van der Waals surface area contributed by atoms with Crippen LogP contribution in [0.2, 0.25) is 0 Å². The number of benzene rings is 1. The molecule has 0 atom stereocenters. The average Bonchev–Trinajstić information content (AvgIpc) is 2.39. The Bertz CT molecular complexity index is 568. The summed E-state index contributed by atoms with van der Waals surface area (Å²) in [4.78, 5) is 8.64. The van der Waals surface area contributed by atoms with Crippen LogP contribution in [0.5, 0.6) is 0 Å². The van der Waals surface area contributed by atoms with Crippen molar-refractivity contribution < 1.29 is 0 Å². The smallest absolute Gasteiger partial charge is 0.227 e. The van der Waals surface area contributed by atoms with Crippen molar-refractivity contribution in [1.29, 1.82) is 0 Å². The Kier molecular flexibility index (Phi) is 3.84. The van der Waals surface area contributed by atoms with Crippen LogP contribution < -0.4 is 11.1 Å². The standard InChI is InChI=1S/C13H14N4S/c1-2-9-4-3-5-10(8-9)16-13-15-7-6-11(17-13)12(14)18/h3-8H,2H2,1H3,(H2,14,18)(H,15,16,17). The van der Waals surface area contributed by atoms with Gasteiger partial charge in [0, 0.05) is 11.9 Å². The zero-order valence-corrected chi connectivity index (χ0v) is 10.9. The van der Waals surface area contributed by atoms with Crippen LogP contribution in [-0.2, 0) is 6.42 Å². The number of thiocarbonyl (C=S) groups is 1. The lowest BCUT2D eigenvalue weighted by molar-refractivity contribution is 1.13. The van der Waals surface area contributed by atoms with Gasteiger partial charge in [-0.3, -0.25) is 0 Å². The van der Waals surface area contributed by atoms with E-state index in [1.807, 2.05) is 12.1 Å². The Balaban J connectivity index is 2.22. The molecule has 18 heavy (non-hydrogen) atoms. The first-order valence-corrected chi connectivity index (χ1v) is 6.08. The Morgan fingerprint density at radius 3 is 2.94 bits per heavy atom. The van der Waals surface area contributed by atoms with Crippen molar-refractivity contribution in [2.45, 2.75) is 13.3 Å². The summed E-state index contributed by atoms with van der Waals surface area (Å²) in [5.74, 6) is 0.494. The minimum absolute atomic E-state index is 0.266. The van der Waals surface area contributed by atoms with Crippen LogP contribution in [0.25, 0.3) is 0 Å². The summed E-state index contributed by atoms with van der Waals surface area (Å²) in [6.07, 6.45) is 2.62. The third-order valence-corrected chi connectivity index (χ3v) is 2.71. The maximum Gasteiger partial charge on any atom is 0.227 e. The molecular weight excluding hydrogens is 244 g/mol. The zero-order valence-electron chi connectivity index (χ0n) is 10.1. The van der Waals surface area contributed by atoms with Gasteiger partial charge in [0.25, 0.3) is 0 Å². The van der Waals surface area contributed by atoms with Crippen LogP contribution in [0.3, 0.4) is 0 Å². The van der Waals surface area contributed by atoms with Crippen molar-refractivity contribution in [2.24, 2.45) is 5.73 Å². The van der Waals surface area contributed by atoms with Crippen molar-refractivity contribution in [3.63, 3.8) is 0 Å². The molecule has 0 radical (unpaired) electrons. The molecule has 4 nitrogen and oxygen atoms in total. The fraction of sp³-hybridized carbons (Fsp3) is 0.154. The lowest BCUT2D eigenvalue weighted by atomic mass is 10.1. The molecule has 0 saturated heterocycles. The number of aromatic nitrogens is 2. The van der Waals surface area contributed by atoms with Gasteiger partial charge < -0.3 is 11.1 Å². The predicted molar refractivity (Wildman–Crippen MR) is 77.0 cm³/mol. The molecule has 0 saturated carbocycles. The second-order valence-corrected chi connectivity index (χ2v) is 4.25. The van der Waals surface area contributed by atoms with Crippen molar-refractivity contribution in [2.75, 3.05) is 5.32 Å². The van der Waals surface area contributed by atoms with Gasteiger partial charge in [0.1, 0.15) is 10.7 Å². The molecule has 1 heterocycles. The van der Waals surface area contributed by atoms with Gasteiger partial charge in [-0.25, -0.2) is 9.97 Å². The van der Waals surface area contributed by atoms with Gasteiger partial charge in [-0.05, 0) is 30.2 Å². The van der Waals surface area contributed by atoms with Crippen molar-refractivity contribution in [1.82, 2.24) is 9.97 Å². The first-order valence-electron chi connectivity index (χ1n) is 5.68. The lowest BCUT2D eigenvalue weighted by Crippen LogP contribution is -2.12. The molecule has 0 amide bonds. The molecule has 1 aromatic heterocycles. The van der Waals surface area contributed by atoms with E-state index in [2.05, 4.69) is 34.3 Å². The minimum Gasteiger partial charge on any atom is -0.388 e. The molecule has 2 rings (SSSR count). The average molecular weight is 258 g/mol. The van der Waals surface area contributed by atoms with E-state index in [4.69, 9.17) is 18.0 Å². The minimum atomic E-state index is 0.266. The van der Waals surface area contributed by atoms with Crippen LogP contribution in [0, 0.1) is 0 Å². The summed E-state index contributed by atoms with van der Waals surface area (Å²) < 4.78 is 0. The number of aryl methyl sites for hydroxylation is 1. The highest BCUT2D eigenvalue weighted by Gasteiger charge is 2.02. The zero-order chi connectivity index (χ0) is 13.0. The molecule has 92 valence electrons. The Hall–Kier alpha value is -2.01. The normalized spacial score (nSPS) is 10.1. The molecular formula is C13H14N4S. The van der Waals surface area contributed by atoms with Crippen LogP contribution in [0.4, 0.5) is 11.6 Å². The second-order valence-electron chi connectivity index (χ2n) is 3.81. The van der Waals surface area contributed by atoms with Gasteiger partial charge in [-0.1, -0.05) is 31.3 Å². The first-order chi connectivity index (χ1) is 8.69. The summed E-state index contributed by atoms with van der Waals surface area (Å²) in [5, 5.41) is 3.14. The fourth-order valence-corrected chi connectivity index (χ4v) is 1.67. The highest BCUT2D eigenvalue weighted by atomic mass is 32.1. The number of hydrogen-bond acceptors (Lipinski definition) is 4. The Morgan fingerprint density at radius 1 is 1.39 bits per heavy atom. The third kappa shape index (κ3) is 3.01. The molecule has 0 aliphatic rings. The van der Waals surface area contributed by atoms with E-state index in [-0.39, 0.29) is 4.99 Å². The van der Waals surface area contributed by atoms with Gasteiger partial charge in [-0.15, -0.1) is 0 Å². The fourth-order valence-electron chi connectivity index (χ4n) is 1.55. The molecule has 3 N–H and O–H groups in total. The molecule has 5 heteroatoms. The summed E-state index contributed by atoms with van der Waals surface area (Å²) in [5.41, 5.74) is 8.31. The molecule has 0 spiro atoms. The van der Waals surface area contributed by atoms with Crippen molar-refractivity contribution >= 4 is 28.8 Å². The quantitative estimate of drug-likeness (QED) is 0.825. The highest BCUT2D eigenvalue weighted by Crippen LogP contribution is 2.15. The Morgan fingerprint density at radius 2 is 2.22 bits per heavy atom. The van der Waals surface area contributed by atoms with E-state index in [1.54, 1.807) is 12.3 Å². The largest absolute Gasteiger partial charge is 0.388 e. The van der Waals surface area contributed by atoms with Gasteiger partial charge in [0.05, 0.1) is 0 Å². The third-order valence-electron chi connectivity index (χ3n) is 2.50. The second kappa shape index (κ2) is 5.55. The first kappa shape index (κ1) is 12.4. The predicted octanol–water partition coefficient (Wildman–Crippen LogP) is 2.42. The van der Waals surface area contributed by atoms with E-state index < -0.39 is 0 Å².